The average Bonchev–Trinajstić information content (AvgIpc) is 2.72. The van der Waals surface area contributed by atoms with Gasteiger partial charge >= 0.3 is 0 Å². The SMILES string of the molecule is C=CC(=O)N1CCC(C(=O)N2CCC(OCc3ccccc3F)CC2)CC1. The van der Waals surface area contributed by atoms with Crippen molar-refractivity contribution in [1.29, 1.82) is 0 Å². The second kappa shape index (κ2) is 9.13. The van der Waals surface area contributed by atoms with Crippen molar-refractivity contribution in [3.05, 3.63) is 48.3 Å². The van der Waals surface area contributed by atoms with Crippen molar-refractivity contribution in [3.63, 3.8) is 0 Å². The highest BCUT2D eigenvalue weighted by atomic mass is 19.1. The quantitative estimate of drug-likeness (QED) is 0.745. The molecule has 0 spiro atoms. The van der Waals surface area contributed by atoms with E-state index in [-0.39, 0.29) is 36.3 Å². The first kappa shape index (κ1) is 19.5. The molecule has 5 nitrogen and oxygen atoms in total. The number of likely N-dealkylation sites (tertiary alicyclic amines) is 2. The average molecular weight is 374 g/mol. The minimum absolute atomic E-state index is 0.00486. The lowest BCUT2D eigenvalue weighted by Crippen LogP contribution is -2.47. The predicted molar refractivity (Wildman–Crippen MR) is 100 cm³/mol. The third-order valence-electron chi connectivity index (χ3n) is 5.52. The number of rotatable bonds is 5. The molecule has 1 aromatic rings. The number of piperidine rings is 2. The van der Waals surface area contributed by atoms with Crippen molar-refractivity contribution >= 4 is 11.8 Å². The molecular formula is C21H27FN2O3. The monoisotopic (exact) mass is 374 g/mol. The molecule has 0 aromatic heterocycles. The smallest absolute Gasteiger partial charge is 0.245 e. The summed E-state index contributed by atoms with van der Waals surface area (Å²) in [5.41, 5.74) is 0.567. The molecule has 2 aliphatic rings. The molecule has 146 valence electrons. The van der Waals surface area contributed by atoms with Crippen LogP contribution in [-0.4, -0.2) is 53.9 Å². The summed E-state index contributed by atoms with van der Waals surface area (Å²) in [7, 11) is 0. The van der Waals surface area contributed by atoms with Gasteiger partial charge in [0, 0.05) is 37.7 Å². The molecule has 2 saturated heterocycles. The van der Waals surface area contributed by atoms with E-state index in [2.05, 4.69) is 6.58 Å². The molecule has 2 aliphatic heterocycles. The van der Waals surface area contributed by atoms with Gasteiger partial charge < -0.3 is 14.5 Å². The molecular weight excluding hydrogens is 347 g/mol. The van der Waals surface area contributed by atoms with Gasteiger partial charge in [-0.15, -0.1) is 0 Å². The van der Waals surface area contributed by atoms with Crippen LogP contribution in [0.1, 0.15) is 31.2 Å². The van der Waals surface area contributed by atoms with Gasteiger partial charge in [0.25, 0.3) is 0 Å². The second-order valence-corrected chi connectivity index (χ2v) is 7.23. The van der Waals surface area contributed by atoms with Crippen LogP contribution in [0.15, 0.2) is 36.9 Å². The fourth-order valence-electron chi connectivity index (χ4n) is 3.80. The van der Waals surface area contributed by atoms with E-state index in [0.29, 0.717) is 44.6 Å². The zero-order chi connectivity index (χ0) is 19.2. The number of hydrogen-bond acceptors (Lipinski definition) is 3. The summed E-state index contributed by atoms with van der Waals surface area (Å²) in [5.74, 6) is -0.122. The first-order chi connectivity index (χ1) is 13.1. The molecule has 3 rings (SSSR count). The van der Waals surface area contributed by atoms with E-state index in [1.807, 2.05) is 4.90 Å². The fraction of sp³-hybridized carbons (Fsp3) is 0.524. The van der Waals surface area contributed by atoms with Gasteiger partial charge in [-0.2, -0.15) is 0 Å². The van der Waals surface area contributed by atoms with E-state index in [0.717, 1.165) is 12.8 Å². The molecule has 0 N–H and O–H groups in total. The minimum atomic E-state index is -0.244. The lowest BCUT2D eigenvalue weighted by molar-refractivity contribution is -0.141. The van der Waals surface area contributed by atoms with Crippen LogP contribution in [0, 0.1) is 11.7 Å². The first-order valence-electron chi connectivity index (χ1n) is 9.63. The fourth-order valence-corrected chi connectivity index (χ4v) is 3.80. The molecule has 0 bridgehead atoms. The van der Waals surface area contributed by atoms with Crippen LogP contribution in [0.3, 0.4) is 0 Å². The molecule has 2 fully saturated rings. The maximum atomic E-state index is 13.7. The number of amides is 2. The summed E-state index contributed by atoms with van der Waals surface area (Å²) in [6.07, 6.45) is 4.35. The molecule has 0 radical (unpaired) electrons. The lowest BCUT2D eigenvalue weighted by atomic mass is 9.94. The molecule has 6 heteroatoms. The zero-order valence-electron chi connectivity index (χ0n) is 15.6. The third-order valence-corrected chi connectivity index (χ3v) is 5.52. The van der Waals surface area contributed by atoms with Crippen LogP contribution in [0.4, 0.5) is 4.39 Å². The van der Waals surface area contributed by atoms with Crippen molar-refractivity contribution in [1.82, 2.24) is 9.80 Å². The Morgan fingerprint density at radius 1 is 1.07 bits per heavy atom. The van der Waals surface area contributed by atoms with E-state index in [1.165, 1.54) is 12.1 Å². The van der Waals surface area contributed by atoms with E-state index in [4.69, 9.17) is 4.74 Å². The molecule has 1 aromatic carbocycles. The summed E-state index contributed by atoms with van der Waals surface area (Å²) >= 11 is 0. The number of ether oxygens (including phenoxy) is 1. The van der Waals surface area contributed by atoms with Gasteiger partial charge in [0.2, 0.25) is 11.8 Å². The van der Waals surface area contributed by atoms with Crippen molar-refractivity contribution in [3.8, 4) is 0 Å². The van der Waals surface area contributed by atoms with Gasteiger partial charge in [0.05, 0.1) is 12.7 Å². The molecule has 2 heterocycles. The molecule has 27 heavy (non-hydrogen) atoms. The van der Waals surface area contributed by atoms with Crippen LogP contribution in [0.5, 0.6) is 0 Å². The summed E-state index contributed by atoms with van der Waals surface area (Å²) in [6.45, 7) is 6.35. The highest BCUT2D eigenvalue weighted by Gasteiger charge is 2.31. The molecule has 0 unspecified atom stereocenters. The summed E-state index contributed by atoms with van der Waals surface area (Å²) in [6, 6.07) is 6.64. The Morgan fingerprint density at radius 2 is 1.70 bits per heavy atom. The van der Waals surface area contributed by atoms with E-state index >= 15 is 0 Å². The van der Waals surface area contributed by atoms with Crippen LogP contribution >= 0.6 is 0 Å². The van der Waals surface area contributed by atoms with Gasteiger partial charge in [-0.05, 0) is 37.8 Å². The standard InChI is InChI=1S/C21H27FN2O3/c1-2-20(25)23-11-7-16(8-12-23)21(26)24-13-9-18(10-14-24)27-15-17-5-3-4-6-19(17)22/h2-6,16,18H,1,7-15H2. The van der Waals surface area contributed by atoms with E-state index in [1.54, 1.807) is 23.1 Å². The number of carbonyl (C=O) groups excluding carboxylic acids is 2. The Kier molecular flexibility index (Phi) is 6.61. The molecule has 0 aliphatic carbocycles. The number of halogens is 1. The van der Waals surface area contributed by atoms with Gasteiger partial charge in [-0.25, -0.2) is 4.39 Å². The molecule has 2 amide bonds. The van der Waals surface area contributed by atoms with E-state index < -0.39 is 0 Å². The maximum absolute atomic E-state index is 13.7. The lowest BCUT2D eigenvalue weighted by Gasteiger charge is -2.37. The Bertz CT molecular complexity index is 678. The van der Waals surface area contributed by atoms with Gasteiger partial charge in [0.15, 0.2) is 0 Å². The summed E-state index contributed by atoms with van der Waals surface area (Å²) in [5, 5.41) is 0. The number of benzene rings is 1. The summed E-state index contributed by atoms with van der Waals surface area (Å²) in [4.78, 5) is 28.0. The Balaban J connectivity index is 1.41. The Hall–Kier alpha value is -2.21. The molecule has 0 saturated carbocycles. The van der Waals surface area contributed by atoms with Crippen molar-refractivity contribution in [2.45, 2.75) is 38.4 Å². The van der Waals surface area contributed by atoms with Gasteiger partial charge in [0.1, 0.15) is 5.82 Å². The Morgan fingerprint density at radius 3 is 2.33 bits per heavy atom. The highest BCUT2D eigenvalue weighted by Crippen LogP contribution is 2.23. The van der Waals surface area contributed by atoms with Crippen molar-refractivity contribution in [2.24, 2.45) is 5.92 Å². The highest BCUT2D eigenvalue weighted by molar-refractivity contribution is 5.87. The third kappa shape index (κ3) is 4.95. The zero-order valence-corrected chi connectivity index (χ0v) is 15.6. The maximum Gasteiger partial charge on any atom is 0.245 e. The topological polar surface area (TPSA) is 49.9 Å². The molecule has 0 atom stereocenters. The number of nitrogens with zero attached hydrogens (tertiary/aromatic N) is 2. The first-order valence-corrected chi connectivity index (χ1v) is 9.63. The normalized spacial score (nSPS) is 19.1. The predicted octanol–water partition coefficient (Wildman–Crippen LogP) is 2.76. The second-order valence-electron chi connectivity index (χ2n) is 7.23. The van der Waals surface area contributed by atoms with Crippen molar-refractivity contribution in [2.75, 3.05) is 26.2 Å². The van der Waals surface area contributed by atoms with E-state index in [9.17, 15) is 14.0 Å². The number of hydrogen-bond donors (Lipinski definition) is 0. The van der Waals surface area contributed by atoms with Crippen LogP contribution in [0.2, 0.25) is 0 Å². The van der Waals surface area contributed by atoms with Gasteiger partial charge in [-0.1, -0.05) is 24.8 Å². The minimum Gasteiger partial charge on any atom is -0.373 e. The van der Waals surface area contributed by atoms with Crippen LogP contribution in [-0.2, 0) is 20.9 Å². The Labute approximate surface area is 159 Å². The number of carbonyl (C=O) groups is 2. The van der Waals surface area contributed by atoms with Crippen LogP contribution in [0.25, 0.3) is 0 Å². The van der Waals surface area contributed by atoms with Crippen molar-refractivity contribution < 1.29 is 18.7 Å². The summed E-state index contributed by atoms with van der Waals surface area (Å²) < 4.78 is 19.5. The van der Waals surface area contributed by atoms with Gasteiger partial charge in [-0.3, -0.25) is 9.59 Å². The largest absolute Gasteiger partial charge is 0.373 e. The van der Waals surface area contributed by atoms with Crippen LogP contribution < -0.4 is 0 Å².